The number of para-hydroxylation sites is 1. The molecule has 4 aliphatic rings. The van der Waals surface area contributed by atoms with Crippen LogP contribution in [-0.4, -0.2) is 51.2 Å². The van der Waals surface area contributed by atoms with Crippen molar-refractivity contribution in [2.24, 2.45) is 11.8 Å². The number of nitrogens with zero attached hydrogens (tertiary/aromatic N) is 2. The number of benzene rings is 3. The Morgan fingerprint density at radius 3 is 2.60 bits per heavy atom. The third kappa shape index (κ3) is 5.45. The zero-order valence-corrected chi connectivity index (χ0v) is 23.3. The van der Waals surface area contributed by atoms with Gasteiger partial charge in [-0.1, -0.05) is 54.6 Å². The fourth-order valence-electron chi connectivity index (χ4n) is 6.76. The molecular formula is C35H34N2O5. The molecule has 2 unspecified atom stereocenters. The first-order valence-electron chi connectivity index (χ1n) is 14.4. The number of aliphatic hydroxyl groups is 1. The molecule has 8 rings (SSSR count). The smallest absolute Gasteiger partial charge is 0.335 e. The molecule has 42 heavy (non-hydrogen) atoms. The number of fused-ring (bicyclic) bond motifs is 5. The van der Waals surface area contributed by atoms with Gasteiger partial charge in [0, 0.05) is 35.7 Å². The summed E-state index contributed by atoms with van der Waals surface area (Å²) in [5, 5.41) is 21.2. The second-order valence-corrected chi connectivity index (χ2v) is 11.3. The number of ether oxygens (including phenoxy) is 1. The number of carbonyl (C=O) groups is 2. The van der Waals surface area contributed by atoms with Crippen LogP contribution in [0.2, 0.25) is 0 Å². The van der Waals surface area contributed by atoms with E-state index in [1.807, 2.05) is 60.8 Å². The standard InChI is InChI=1S/C19H22N2O.C16H12O4/c1-2-13-12-21-10-8-14(13)11-18(21)19(22)16-7-9-20-17-6-4-3-5-15(16)17;17-15-9-12(10-4-2-1-3-5-10)13-8-11(16(18)19)6-7-14(13)20-15/h2-7,9,13-14,18-19,22H,1,8,10-12H2;1-8,12H,9H2,(H,18,19)/t13-,14-,18-,19+;/m0./s1. The number of aromatic nitrogens is 1. The Hall–Kier alpha value is -4.33. The van der Waals surface area contributed by atoms with Crippen molar-refractivity contribution in [1.29, 1.82) is 0 Å². The minimum Gasteiger partial charge on any atom is -0.478 e. The molecule has 5 heterocycles. The second-order valence-electron chi connectivity index (χ2n) is 11.3. The molecule has 4 aromatic rings. The summed E-state index contributed by atoms with van der Waals surface area (Å²) in [7, 11) is 0. The summed E-state index contributed by atoms with van der Waals surface area (Å²) in [4.78, 5) is 29.6. The van der Waals surface area contributed by atoms with E-state index in [4.69, 9.17) is 9.84 Å². The summed E-state index contributed by atoms with van der Waals surface area (Å²) in [6, 6.07) is 24.4. The number of aliphatic hydroxyl groups excluding tert-OH is 1. The molecule has 0 aliphatic carbocycles. The molecule has 0 saturated carbocycles. The average molecular weight is 563 g/mol. The van der Waals surface area contributed by atoms with Gasteiger partial charge < -0.3 is 14.9 Å². The summed E-state index contributed by atoms with van der Waals surface area (Å²) in [5.74, 6) is 0.263. The molecule has 0 spiro atoms. The minimum absolute atomic E-state index is 0.160. The van der Waals surface area contributed by atoms with Crippen LogP contribution in [0.3, 0.4) is 0 Å². The fraction of sp³-hybridized carbons (Fsp3) is 0.286. The number of carbonyl (C=O) groups excluding carboxylic acids is 1. The molecular weight excluding hydrogens is 528 g/mol. The van der Waals surface area contributed by atoms with E-state index in [-0.39, 0.29) is 29.9 Å². The lowest BCUT2D eigenvalue weighted by Gasteiger charge is -2.50. The van der Waals surface area contributed by atoms with Crippen molar-refractivity contribution in [3.63, 3.8) is 0 Å². The monoisotopic (exact) mass is 562 g/mol. The first-order valence-corrected chi connectivity index (χ1v) is 14.4. The summed E-state index contributed by atoms with van der Waals surface area (Å²) in [6.07, 6.45) is 5.98. The Kier molecular flexibility index (Phi) is 7.87. The number of esters is 1. The van der Waals surface area contributed by atoms with E-state index in [9.17, 15) is 14.7 Å². The maximum Gasteiger partial charge on any atom is 0.335 e. The molecule has 4 aliphatic heterocycles. The van der Waals surface area contributed by atoms with Crippen LogP contribution in [0.4, 0.5) is 0 Å². The van der Waals surface area contributed by atoms with Gasteiger partial charge in [0.15, 0.2) is 0 Å². The van der Waals surface area contributed by atoms with Crippen molar-refractivity contribution in [2.75, 3.05) is 13.1 Å². The molecule has 1 aromatic heterocycles. The van der Waals surface area contributed by atoms with E-state index in [1.165, 1.54) is 12.5 Å². The minimum atomic E-state index is -0.989. The van der Waals surface area contributed by atoms with Gasteiger partial charge in [-0.05, 0) is 72.7 Å². The van der Waals surface area contributed by atoms with E-state index < -0.39 is 12.1 Å². The normalized spacial score (nSPS) is 25.0. The Labute approximate surface area is 245 Å². The largest absolute Gasteiger partial charge is 0.478 e. The highest BCUT2D eigenvalue weighted by atomic mass is 16.5. The molecule has 3 saturated heterocycles. The van der Waals surface area contributed by atoms with Gasteiger partial charge in [-0.25, -0.2) is 4.79 Å². The predicted molar refractivity (Wildman–Crippen MR) is 160 cm³/mol. The molecule has 6 atom stereocenters. The molecule has 3 fully saturated rings. The maximum atomic E-state index is 11.7. The molecule has 214 valence electrons. The Balaban J connectivity index is 0.000000151. The number of pyridine rings is 1. The van der Waals surface area contributed by atoms with Crippen molar-refractivity contribution in [3.8, 4) is 5.75 Å². The zero-order chi connectivity index (χ0) is 29.2. The van der Waals surface area contributed by atoms with Gasteiger partial charge in [-0.2, -0.15) is 0 Å². The van der Waals surface area contributed by atoms with Gasteiger partial charge in [0.2, 0.25) is 0 Å². The number of hydrogen-bond donors (Lipinski definition) is 2. The van der Waals surface area contributed by atoms with E-state index in [2.05, 4.69) is 28.6 Å². The van der Waals surface area contributed by atoms with Gasteiger partial charge in [0.05, 0.1) is 23.6 Å². The van der Waals surface area contributed by atoms with E-state index in [0.29, 0.717) is 17.6 Å². The van der Waals surface area contributed by atoms with Crippen molar-refractivity contribution < 1.29 is 24.5 Å². The quantitative estimate of drug-likeness (QED) is 0.175. The third-order valence-corrected chi connectivity index (χ3v) is 8.95. The first kappa shape index (κ1) is 27.8. The number of rotatable bonds is 5. The second kappa shape index (κ2) is 11.9. The van der Waals surface area contributed by atoms with Crippen LogP contribution in [0.15, 0.2) is 97.7 Å². The number of piperidine rings is 3. The SMILES string of the molecule is C=C[C@H]1CN2CC[C@H]1C[C@H]2[C@H](O)c1ccnc2ccccc12.O=C1CC(c2ccccc2)c2cc(C(=O)O)ccc2O1. The van der Waals surface area contributed by atoms with E-state index in [1.54, 1.807) is 12.1 Å². The maximum absolute atomic E-state index is 11.7. The Bertz CT molecular complexity index is 1620. The van der Waals surface area contributed by atoms with Crippen molar-refractivity contribution in [3.05, 3.63) is 120 Å². The van der Waals surface area contributed by atoms with Crippen molar-refractivity contribution in [2.45, 2.75) is 37.3 Å². The zero-order valence-electron chi connectivity index (χ0n) is 23.3. The van der Waals surface area contributed by atoms with Crippen molar-refractivity contribution >= 4 is 22.8 Å². The topological polar surface area (TPSA) is 100.0 Å². The van der Waals surface area contributed by atoms with Gasteiger partial charge in [0.1, 0.15) is 5.75 Å². The molecule has 7 heteroatoms. The lowest BCUT2D eigenvalue weighted by molar-refractivity contribution is -0.135. The first-order chi connectivity index (χ1) is 20.4. The highest BCUT2D eigenvalue weighted by molar-refractivity contribution is 5.89. The summed E-state index contributed by atoms with van der Waals surface area (Å²) in [5.41, 5.74) is 3.89. The molecule has 7 nitrogen and oxygen atoms in total. The Morgan fingerprint density at radius 2 is 1.86 bits per heavy atom. The number of aromatic carboxylic acids is 1. The predicted octanol–water partition coefficient (Wildman–Crippen LogP) is 5.99. The fourth-order valence-corrected chi connectivity index (χ4v) is 6.76. The highest BCUT2D eigenvalue weighted by Gasteiger charge is 2.42. The van der Waals surface area contributed by atoms with Gasteiger partial charge in [-0.15, -0.1) is 6.58 Å². The lowest BCUT2D eigenvalue weighted by atomic mass is 9.73. The summed E-state index contributed by atoms with van der Waals surface area (Å²) >= 11 is 0. The van der Waals surface area contributed by atoms with Crippen LogP contribution in [-0.2, 0) is 4.79 Å². The third-order valence-electron chi connectivity index (χ3n) is 8.95. The lowest BCUT2D eigenvalue weighted by Crippen LogP contribution is -2.54. The molecule has 0 amide bonds. The van der Waals surface area contributed by atoms with Crippen LogP contribution in [0.25, 0.3) is 10.9 Å². The van der Waals surface area contributed by atoms with Gasteiger partial charge >= 0.3 is 11.9 Å². The highest BCUT2D eigenvalue weighted by Crippen LogP contribution is 2.42. The van der Waals surface area contributed by atoms with Crippen LogP contribution >= 0.6 is 0 Å². The van der Waals surface area contributed by atoms with E-state index in [0.717, 1.165) is 47.1 Å². The van der Waals surface area contributed by atoms with E-state index >= 15 is 0 Å². The molecule has 2 bridgehead atoms. The van der Waals surface area contributed by atoms with Crippen LogP contribution in [0, 0.1) is 11.8 Å². The number of carboxylic acids is 1. The van der Waals surface area contributed by atoms with Gasteiger partial charge in [-0.3, -0.25) is 14.7 Å². The van der Waals surface area contributed by atoms with Crippen LogP contribution in [0.1, 0.15) is 58.3 Å². The summed E-state index contributed by atoms with van der Waals surface area (Å²) < 4.78 is 5.19. The Morgan fingerprint density at radius 1 is 1.07 bits per heavy atom. The number of hydrogen-bond acceptors (Lipinski definition) is 6. The summed E-state index contributed by atoms with van der Waals surface area (Å²) in [6.45, 7) is 6.11. The molecule has 0 radical (unpaired) electrons. The molecule has 2 N–H and O–H groups in total. The van der Waals surface area contributed by atoms with Crippen LogP contribution in [0.5, 0.6) is 5.75 Å². The van der Waals surface area contributed by atoms with Gasteiger partial charge in [0.25, 0.3) is 0 Å². The number of carboxylic acid groups (broad SMARTS) is 1. The average Bonchev–Trinajstić information content (AvgIpc) is 3.04. The molecule has 3 aromatic carbocycles. The van der Waals surface area contributed by atoms with Crippen LogP contribution < -0.4 is 4.74 Å². The van der Waals surface area contributed by atoms with Crippen molar-refractivity contribution in [1.82, 2.24) is 9.88 Å².